The highest BCUT2D eigenvalue weighted by atomic mass is 35.5. The van der Waals surface area contributed by atoms with Crippen LogP contribution in [0.5, 0.6) is 0 Å². The number of amidine groups is 1. The fourth-order valence-electron chi connectivity index (χ4n) is 2.43. The van der Waals surface area contributed by atoms with Crippen molar-refractivity contribution in [1.29, 1.82) is 0 Å². The summed E-state index contributed by atoms with van der Waals surface area (Å²) in [4.78, 5) is 6.39. The molecule has 0 bridgehead atoms. The molecule has 2 heterocycles. The number of para-hydroxylation sites is 1. The third kappa shape index (κ3) is 1.96. The van der Waals surface area contributed by atoms with E-state index in [-0.39, 0.29) is 5.84 Å². The average Bonchev–Trinajstić information content (AvgIpc) is 2.90. The van der Waals surface area contributed by atoms with Crippen LogP contribution in [-0.4, -0.2) is 22.6 Å². The number of anilines is 2. The number of fused-ring (bicyclic) bond motifs is 1. The zero-order chi connectivity index (χ0) is 14.1. The number of nitrogens with two attached hydrogens (primary N) is 1. The Hall–Kier alpha value is -2.27. The molecule has 0 saturated heterocycles. The first-order chi connectivity index (χ1) is 9.72. The largest absolute Gasteiger partial charge is 0.409 e. The van der Waals surface area contributed by atoms with Gasteiger partial charge in [-0.3, -0.25) is 0 Å². The normalized spacial score (nSPS) is 14.4. The van der Waals surface area contributed by atoms with E-state index in [1.54, 1.807) is 12.3 Å². The smallest absolute Gasteiger partial charge is 0.171 e. The quantitative estimate of drug-likeness (QED) is 0.385. The van der Waals surface area contributed by atoms with Gasteiger partial charge in [-0.25, -0.2) is 4.98 Å². The number of oxime groups is 1. The van der Waals surface area contributed by atoms with Crippen LogP contribution >= 0.6 is 11.6 Å². The minimum Gasteiger partial charge on any atom is -0.409 e. The van der Waals surface area contributed by atoms with Crippen LogP contribution in [0.2, 0.25) is 5.02 Å². The first-order valence-corrected chi connectivity index (χ1v) is 6.58. The lowest BCUT2D eigenvalue weighted by Crippen LogP contribution is -2.19. The van der Waals surface area contributed by atoms with E-state index < -0.39 is 0 Å². The molecule has 1 aromatic carbocycles. The molecule has 5 nitrogen and oxygen atoms in total. The summed E-state index contributed by atoms with van der Waals surface area (Å²) in [6, 6.07) is 9.76. The van der Waals surface area contributed by atoms with Crippen LogP contribution in [-0.2, 0) is 6.42 Å². The predicted molar refractivity (Wildman–Crippen MR) is 78.9 cm³/mol. The van der Waals surface area contributed by atoms with E-state index in [9.17, 15) is 0 Å². The van der Waals surface area contributed by atoms with Crippen molar-refractivity contribution in [3.63, 3.8) is 0 Å². The molecule has 3 N–H and O–H groups in total. The summed E-state index contributed by atoms with van der Waals surface area (Å²) in [6.07, 6.45) is 2.55. The van der Waals surface area contributed by atoms with Crippen molar-refractivity contribution in [1.82, 2.24) is 4.98 Å². The van der Waals surface area contributed by atoms with E-state index in [0.29, 0.717) is 16.4 Å². The van der Waals surface area contributed by atoms with Gasteiger partial charge in [0.05, 0.1) is 5.02 Å². The Morgan fingerprint density at radius 3 is 2.95 bits per heavy atom. The Labute approximate surface area is 121 Å². The van der Waals surface area contributed by atoms with Gasteiger partial charge in [0.1, 0.15) is 0 Å². The monoisotopic (exact) mass is 288 g/mol. The number of halogens is 1. The van der Waals surface area contributed by atoms with Crippen molar-refractivity contribution >= 4 is 28.9 Å². The lowest BCUT2D eigenvalue weighted by Gasteiger charge is -2.20. The molecule has 0 aliphatic carbocycles. The van der Waals surface area contributed by atoms with Gasteiger partial charge < -0.3 is 15.8 Å². The average molecular weight is 289 g/mol. The summed E-state index contributed by atoms with van der Waals surface area (Å²) in [7, 11) is 0. The number of hydrogen-bond donors (Lipinski definition) is 2. The molecule has 0 amide bonds. The van der Waals surface area contributed by atoms with Gasteiger partial charge in [0, 0.05) is 24.0 Å². The van der Waals surface area contributed by atoms with Crippen LogP contribution in [0.15, 0.2) is 41.7 Å². The third-order valence-corrected chi connectivity index (χ3v) is 3.77. The standard InChI is InChI=1S/C14H13ClN4O/c15-12-10(13(16)18-20)5-7-17-14(12)19-8-6-9-3-1-2-4-11(9)19/h1-5,7,20H,6,8H2,(H2,16,18). The highest BCUT2D eigenvalue weighted by molar-refractivity contribution is 6.36. The first-order valence-electron chi connectivity index (χ1n) is 6.20. The van der Waals surface area contributed by atoms with Crippen LogP contribution in [0.4, 0.5) is 11.5 Å². The van der Waals surface area contributed by atoms with Crippen LogP contribution in [0.3, 0.4) is 0 Å². The van der Waals surface area contributed by atoms with E-state index >= 15 is 0 Å². The van der Waals surface area contributed by atoms with E-state index in [1.165, 1.54) is 5.56 Å². The number of hydrogen-bond acceptors (Lipinski definition) is 4. The molecule has 0 spiro atoms. The minimum atomic E-state index is -0.0221. The maximum absolute atomic E-state index is 8.80. The van der Waals surface area contributed by atoms with Crippen LogP contribution in [0.1, 0.15) is 11.1 Å². The first kappa shape index (κ1) is 12.7. The molecule has 0 saturated carbocycles. The SMILES string of the molecule is N/C(=N/O)c1ccnc(N2CCc3ccccc32)c1Cl. The molecule has 0 unspecified atom stereocenters. The molecular weight excluding hydrogens is 276 g/mol. The molecule has 0 radical (unpaired) electrons. The van der Waals surface area contributed by atoms with E-state index in [2.05, 4.69) is 16.2 Å². The van der Waals surface area contributed by atoms with Gasteiger partial charge >= 0.3 is 0 Å². The lowest BCUT2D eigenvalue weighted by molar-refractivity contribution is 0.318. The van der Waals surface area contributed by atoms with E-state index in [4.69, 9.17) is 22.5 Å². The van der Waals surface area contributed by atoms with Gasteiger partial charge in [0.25, 0.3) is 0 Å². The molecular formula is C14H13ClN4O. The topological polar surface area (TPSA) is 74.7 Å². The highest BCUT2D eigenvalue weighted by Crippen LogP contribution is 2.37. The fraction of sp³-hybridized carbons (Fsp3) is 0.143. The maximum Gasteiger partial charge on any atom is 0.171 e. The predicted octanol–water partition coefficient (Wildman–Crippen LogP) is 2.52. The number of rotatable bonds is 2. The Morgan fingerprint density at radius 2 is 2.15 bits per heavy atom. The van der Waals surface area contributed by atoms with Gasteiger partial charge in [-0.1, -0.05) is 35.0 Å². The fourth-order valence-corrected chi connectivity index (χ4v) is 2.74. The Kier molecular flexibility index (Phi) is 3.20. The second-order valence-corrected chi connectivity index (χ2v) is 4.89. The number of pyridine rings is 1. The molecule has 1 aromatic heterocycles. The third-order valence-electron chi connectivity index (χ3n) is 3.40. The van der Waals surface area contributed by atoms with Crippen molar-refractivity contribution < 1.29 is 5.21 Å². The Bertz CT molecular complexity index is 687. The molecule has 0 fully saturated rings. The van der Waals surface area contributed by atoms with Gasteiger partial charge in [-0.2, -0.15) is 0 Å². The van der Waals surface area contributed by atoms with Crippen molar-refractivity contribution in [2.45, 2.75) is 6.42 Å². The lowest BCUT2D eigenvalue weighted by atomic mass is 10.2. The molecule has 20 heavy (non-hydrogen) atoms. The van der Waals surface area contributed by atoms with Gasteiger partial charge in [-0.15, -0.1) is 0 Å². The maximum atomic E-state index is 8.80. The van der Waals surface area contributed by atoms with E-state index in [1.807, 2.05) is 23.1 Å². The molecule has 1 aliphatic heterocycles. The summed E-state index contributed by atoms with van der Waals surface area (Å²) >= 11 is 6.35. The Morgan fingerprint density at radius 1 is 1.35 bits per heavy atom. The van der Waals surface area contributed by atoms with Gasteiger partial charge in [0.15, 0.2) is 11.7 Å². The summed E-state index contributed by atoms with van der Waals surface area (Å²) in [5, 5.41) is 12.2. The zero-order valence-electron chi connectivity index (χ0n) is 10.6. The molecule has 0 atom stereocenters. The number of nitrogens with zero attached hydrogens (tertiary/aromatic N) is 3. The van der Waals surface area contributed by atoms with Crippen LogP contribution in [0.25, 0.3) is 0 Å². The number of aromatic nitrogens is 1. The van der Waals surface area contributed by atoms with Crippen LogP contribution < -0.4 is 10.6 Å². The van der Waals surface area contributed by atoms with Crippen molar-refractivity contribution in [2.24, 2.45) is 10.9 Å². The second-order valence-electron chi connectivity index (χ2n) is 4.51. The van der Waals surface area contributed by atoms with Crippen molar-refractivity contribution in [3.05, 3.63) is 52.7 Å². The van der Waals surface area contributed by atoms with Gasteiger partial charge in [0.2, 0.25) is 0 Å². The molecule has 2 aromatic rings. The zero-order valence-corrected chi connectivity index (χ0v) is 11.4. The van der Waals surface area contributed by atoms with Crippen LogP contribution in [0, 0.1) is 0 Å². The summed E-state index contributed by atoms with van der Waals surface area (Å²) in [6.45, 7) is 0.811. The summed E-state index contributed by atoms with van der Waals surface area (Å²) in [5.74, 6) is 0.604. The van der Waals surface area contributed by atoms with E-state index in [0.717, 1.165) is 18.7 Å². The second kappa shape index (κ2) is 5.02. The molecule has 1 aliphatic rings. The summed E-state index contributed by atoms with van der Waals surface area (Å²) < 4.78 is 0. The molecule has 102 valence electrons. The van der Waals surface area contributed by atoms with Crippen molar-refractivity contribution in [2.75, 3.05) is 11.4 Å². The highest BCUT2D eigenvalue weighted by Gasteiger charge is 2.24. The summed E-state index contributed by atoms with van der Waals surface area (Å²) in [5.41, 5.74) is 8.46. The van der Waals surface area contributed by atoms with Crippen molar-refractivity contribution in [3.8, 4) is 0 Å². The Balaban J connectivity index is 2.09. The van der Waals surface area contributed by atoms with Gasteiger partial charge in [-0.05, 0) is 24.1 Å². The number of benzene rings is 1. The minimum absolute atomic E-state index is 0.0221. The molecule has 3 rings (SSSR count). The molecule has 6 heteroatoms.